The summed E-state index contributed by atoms with van der Waals surface area (Å²) in [7, 11) is 0. The third-order valence-electron chi connectivity index (χ3n) is 7.21. The molecule has 0 saturated carbocycles. The Balaban J connectivity index is 1.96. The van der Waals surface area contributed by atoms with Crippen molar-refractivity contribution in [2.24, 2.45) is 5.92 Å². The van der Waals surface area contributed by atoms with E-state index in [2.05, 4.69) is 15.3 Å². The smallest absolute Gasteiger partial charge is 0.282 e. The number of piperidine rings is 1. The number of hydrogen-bond acceptors (Lipinski definition) is 6. The number of pyridine rings is 3. The van der Waals surface area contributed by atoms with Crippen molar-refractivity contribution >= 4 is 39.9 Å². The Morgan fingerprint density at radius 1 is 1.34 bits per heavy atom. The van der Waals surface area contributed by atoms with Gasteiger partial charge in [0.2, 0.25) is 0 Å². The van der Waals surface area contributed by atoms with Crippen LogP contribution in [0.4, 0.5) is 15.8 Å². The molecule has 0 aromatic carbocycles. The molecule has 0 radical (unpaired) electrons. The summed E-state index contributed by atoms with van der Waals surface area (Å²) in [4.78, 5) is 38.0. The fourth-order valence-electron chi connectivity index (χ4n) is 5.34. The molecule has 5 rings (SSSR count). The minimum absolute atomic E-state index is 0.0293. The van der Waals surface area contributed by atoms with Crippen LogP contribution in [0.5, 0.6) is 0 Å². The lowest BCUT2D eigenvalue weighted by atomic mass is 9.80. The maximum Gasteiger partial charge on any atom is 0.282 e. The van der Waals surface area contributed by atoms with Crippen LogP contribution in [0.25, 0.3) is 16.7 Å². The monoisotopic (exact) mass is 499 g/mol. The van der Waals surface area contributed by atoms with Crippen LogP contribution in [0, 0.1) is 18.7 Å². The topological polar surface area (TPSA) is 100 Å². The largest absolute Gasteiger partial charge is 0.393 e. The summed E-state index contributed by atoms with van der Waals surface area (Å²) in [6, 6.07) is 3.03. The molecule has 184 valence electrons. The van der Waals surface area contributed by atoms with E-state index in [1.807, 2.05) is 27.7 Å². The summed E-state index contributed by atoms with van der Waals surface area (Å²) < 4.78 is 16.2. The molecule has 2 aliphatic heterocycles. The summed E-state index contributed by atoms with van der Waals surface area (Å²) >= 11 is 6.12. The van der Waals surface area contributed by atoms with Crippen LogP contribution in [0.3, 0.4) is 0 Å². The number of aryl methyl sites for hydroxylation is 1. The molecule has 2 N–H and O–H groups in total. The second-order valence-corrected chi connectivity index (χ2v) is 10.3. The van der Waals surface area contributed by atoms with Crippen molar-refractivity contribution in [1.82, 2.24) is 14.5 Å². The zero-order chi connectivity index (χ0) is 25.2. The number of carbonyl (C=O) groups excluding carboxylic acids is 1. The summed E-state index contributed by atoms with van der Waals surface area (Å²) in [6.07, 6.45) is 2.81. The van der Waals surface area contributed by atoms with Gasteiger partial charge in [-0.2, -0.15) is 0 Å². The van der Waals surface area contributed by atoms with Crippen molar-refractivity contribution < 1.29 is 14.3 Å². The number of anilines is 2. The molecule has 1 saturated heterocycles. The van der Waals surface area contributed by atoms with Gasteiger partial charge in [-0.05, 0) is 49.3 Å². The lowest BCUT2D eigenvalue weighted by Gasteiger charge is -2.51. The second kappa shape index (κ2) is 8.27. The summed E-state index contributed by atoms with van der Waals surface area (Å²) in [6.45, 7) is 7.81. The summed E-state index contributed by atoms with van der Waals surface area (Å²) in [5.74, 6) is -1.02. The first-order valence-corrected chi connectivity index (χ1v) is 12.1. The average Bonchev–Trinajstić information content (AvgIpc) is 2.81. The van der Waals surface area contributed by atoms with E-state index in [4.69, 9.17) is 11.6 Å². The molecule has 2 atom stereocenters. The molecule has 1 fully saturated rings. The maximum atomic E-state index is 14.8. The molecule has 3 aromatic rings. The van der Waals surface area contributed by atoms with Crippen molar-refractivity contribution in [3.05, 3.63) is 50.9 Å². The van der Waals surface area contributed by atoms with Crippen LogP contribution in [-0.2, 0) is 4.79 Å². The zero-order valence-corrected chi connectivity index (χ0v) is 20.8. The quantitative estimate of drug-likeness (QED) is 0.530. The van der Waals surface area contributed by atoms with Crippen LogP contribution in [-0.4, -0.2) is 44.2 Å². The molecule has 3 aromatic heterocycles. The van der Waals surface area contributed by atoms with Gasteiger partial charge in [-0.3, -0.25) is 19.1 Å². The van der Waals surface area contributed by atoms with Gasteiger partial charge in [-0.25, -0.2) is 9.37 Å². The van der Waals surface area contributed by atoms with Crippen LogP contribution in [0.2, 0.25) is 5.15 Å². The molecule has 10 heteroatoms. The molecule has 2 aliphatic rings. The Bertz CT molecular complexity index is 1440. The highest BCUT2D eigenvalue weighted by Crippen LogP contribution is 2.46. The third-order valence-corrected chi connectivity index (χ3v) is 7.48. The summed E-state index contributed by atoms with van der Waals surface area (Å²) in [5.41, 5.74) is 0.754. The Morgan fingerprint density at radius 3 is 2.77 bits per heavy atom. The minimum atomic E-state index is -1.24. The van der Waals surface area contributed by atoms with Crippen LogP contribution >= 0.6 is 11.6 Å². The van der Waals surface area contributed by atoms with Gasteiger partial charge in [0.1, 0.15) is 11.2 Å². The van der Waals surface area contributed by atoms with E-state index in [0.29, 0.717) is 35.4 Å². The summed E-state index contributed by atoms with van der Waals surface area (Å²) in [5, 5.41) is 13.1. The zero-order valence-electron chi connectivity index (χ0n) is 20.0. The average molecular weight is 500 g/mol. The number of rotatable bonds is 3. The molecule has 0 bridgehead atoms. The molecule has 1 amide bonds. The number of nitrogens with zero attached hydrogens (tertiary/aromatic N) is 4. The van der Waals surface area contributed by atoms with E-state index in [-0.39, 0.29) is 28.3 Å². The Labute approximate surface area is 206 Å². The number of fused-ring (bicyclic) bond motifs is 5. The highest BCUT2D eigenvalue weighted by atomic mass is 35.5. The highest BCUT2D eigenvalue weighted by molar-refractivity contribution is 6.30. The third kappa shape index (κ3) is 3.36. The predicted octanol–water partition coefficient (Wildman–Crippen LogP) is 3.92. The van der Waals surface area contributed by atoms with Crippen molar-refractivity contribution in [2.45, 2.75) is 52.0 Å². The highest BCUT2D eigenvalue weighted by Gasteiger charge is 2.51. The number of nitrogens with one attached hydrogen (secondary N) is 1. The predicted molar refractivity (Wildman–Crippen MR) is 133 cm³/mol. The molecule has 0 aliphatic carbocycles. The standard InChI is InChI=1S/C25H27ClFN5O3/c1-12(2)17-19(14(4)6-8-28-17)32-22-15(9-16(27)21(26)30-22)20-18(23(32)34)29-24(35)25(11-33)7-5-13(3)10-31(20)25/h6,8-9,12-13,33H,5,7,10-11H2,1-4H3,(H,29,35)/t13-,25-/m0/s1. The lowest BCUT2D eigenvalue weighted by molar-refractivity contribution is -0.124. The molecular weight excluding hydrogens is 473 g/mol. The van der Waals surface area contributed by atoms with E-state index >= 15 is 0 Å². The normalized spacial score (nSPS) is 21.8. The number of amides is 1. The molecule has 0 unspecified atom stereocenters. The van der Waals surface area contributed by atoms with E-state index in [9.17, 15) is 19.1 Å². The van der Waals surface area contributed by atoms with Gasteiger partial charge in [-0.15, -0.1) is 0 Å². The van der Waals surface area contributed by atoms with Gasteiger partial charge < -0.3 is 15.3 Å². The van der Waals surface area contributed by atoms with Crippen LogP contribution in [0.1, 0.15) is 50.8 Å². The number of aliphatic hydroxyl groups is 1. The number of halogens is 2. The molecular formula is C25H27ClFN5O3. The van der Waals surface area contributed by atoms with Gasteiger partial charge >= 0.3 is 0 Å². The van der Waals surface area contributed by atoms with E-state index in [1.54, 1.807) is 17.2 Å². The number of aromatic nitrogens is 3. The Morgan fingerprint density at radius 2 is 2.09 bits per heavy atom. The first kappa shape index (κ1) is 23.7. The molecule has 5 heterocycles. The second-order valence-electron chi connectivity index (χ2n) is 9.91. The first-order valence-electron chi connectivity index (χ1n) is 11.7. The molecule has 35 heavy (non-hydrogen) atoms. The van der Waals surface area contributed by atoms with Gasteiger partial charge in [0.05, 0.1) is 23.7 Å². The van der Waals surface area contributed by atoms with Crippen molar-refractivity contribution in [2.75, 3.05) is 23.4 Å². The SMILES string of the molecule is Cc1ccnc(C(C)C)c1-n1c(=O)c2c(c3cc(F)c(Cl)nc31)N1C[C@@H](C)CC[C@]1(CO)C(=O)N2. The van der Waals surface area contributed by atoms with Gasteiger partial charge in [0.25, 0.3) is 11.5 Å². The van der Waals surface area contributed by atoms with E-state index in [0.717, 1.165) is 12.0 Å². The van der Waals surface area contributed by atoms with Crippen molar-refractivity contribution in [3.8, 4) is 5.69 Å². The molecule has 8 nitrogen and oxygen atoms in total. The van der Waals surface area contributed by atoms with Crippen molar-refractivity contribution in [3.63, 3.8) is 0 Å². The van der Waals surface area contributed by atoms with Crippen LogP contribution in [0.15, 0.2) is 23.1 Å². The number of hydrogen-bond donors (Lipinski definition) is 2. The lowest BCUT2D eigenvalue weighted by Crippen LogP contribution is -2.66. The van der Waals surface area contributed by atoms with E-state index < -0.39 is 29.4 Å². The number of aliphatic hydroxyl groups excluding tert-OH is 1. The van der Waals surface area contributed by atoms with Gasteiger partial charge in [0, 0.05) is 18.1 Å². The Hall–Kier alpha value is -3.04. The minimum Gasteiger partial charge on any atom is -0.393 e. The maximum absolute atomic E-state index is 14.8. The first-order chi connectivity index (χ1) is 16.6. The fraction of sp³-hybridized carbons (Fsp3) is 0.440. The number of carbonyl (C=O) groups is 1. The van der Waals surface area contributed by atoms with Crippen LogP contribution < -0.4 is 15.8 Å². The molecule has 0 spiro atoms. The van der Waals surface area contributed by atoms with E-state index in [1.165, 1.54) is 10.6 Å². The fourth-order valence-corrected chi connectivity index (χ4v) is 5.47. The van der Waals surface area contributed by atoms with Crippen molar-refractivity contribution in [1.29, 1.82) is 0 Å². The Kier molecular flexibility index (Phi) is 5.60. The van der Waals surface area contributed by atoms with Gasteiger partial charge in [0.15, 0.2) is 16.6 Å². The van der Waals surface area contributed by atoms with Gasteiger partial charge in [-0.1, -0.05) is 32.4 Å².